The van der Waals surface area contributed by atoms with Gasteiger partial charge in [0.1, 0.15) is 0 Å². The first-order valence-corrected chi connectivity index (χ1v) is 7.15. The van der Waals surface area contributed by atoms with Crippen LogP contribution in [-0.4, -0.2) is 51.7 Å². The standard InChI is InChI=1S/C13H25N5O/c1-4-5-12-13(14)15-16-18(12)9-11-8-17(10(2)3)6-7-19-11/h10-11H,4-9,14H2,1-3H3. The topological polar surface area (TPSA) is 69.2 Å². The molecule has 6 nitrogen and oxygen atoms in total. The summed E-state index contributed by atoms with van der Waals surface area (Å²) in [5.74, 6) is 0.554. The van der Waals surface area contributed by atoms with Gasteiger partial charge in [0, 0.05) is 19.1 Å². The van der Waals surface area contributed by atoms with E-state index in [0.29, 0.717) is 11.9 Å². The first-order valence-electron chi connectivity index (χ1n) is 7.15. The van der Waals surface area contributed by atoms with Gasteiger partial charge >= 0.3 is 0 Å². The van der Waals surface area contributed by atoms with E-state index in [4.69, 9.17) is 10.5 Å². The van der Waals surface area contributed by atoms with Crippen molar-refractivity contribution >= 4 is 5.82 Å². The number of aromatic nitrogens is 3. The number of hydrogen-bond donors (Lipinski definition) is 1. The van der Waals surface area contributed by atoms with Gasteiger partial charge in [-0.2, -0.15) is 0 Å². The van der Waals surface area contributed by atoms with Gasteiger partial charge in [0.05, 0.1) is 24.9 Å². The fourth-order valence-corrected chi connectivity index (χ4v) is 2.50. The SMILES string of the molecule is CCCc1c(N)nnn1CC1CN(C(C)C)CCO1. The highest BCUT2D eigenvalue weighted by atomic mass is 16.5. The first kappa shape index (κ1) is 14.3. The normalized spacial score (nSPS) is 21.2. The van der Waals surface area contributed by atoms with Gasteiger partial charge in [-0.1, -0.05) is 18.6 Å². The minimum Gasteiger partial charge on any atom is -0.381 e. The van der Waals surface area contributed by atoms with Crippen molar-refractivity contribution in [3.8, 4) is 0 Å². The molecule has 6 heteroatoms. The average molecular weight is 267 g/mol. The van der Waals surface area contributed by atoms with Crippen LogP contribution in [0.15, 0.2) is 0 Å². The second-order valence-corrected chi connectivity index (χ2v) is 5.43. The van der Waals surface area contributed by atoms with Gasteiger partial charge < -0.3 is 10.5 Å². The lowest BCUT2D eigenvalue weighted by molar-refractivity contribution is -0.0474. The maximum Gasteiger partial charge on any atom is 0.169 e. The summed E-state index contributed by atoms with van der Waals surface area (Å²) in [5.41, 5.74) is 6.90. The summed E-state index contributed by atoms with van der Waals surface area (Å²) in [6.07, 6.45) is 2.13. The van der Waals surface area contributed by atoms with Crippen molar-refractivity contribution in [2.75, 3.05) is 25.4 Å². The van der Waals surface area contributed by atoms with Crippen LogP contribution >= 0.6 is 0 Å². The molecule has 2 N–H and O–H groups in total. The molecule has 2 rings (SSSR count). The summed E-state index contributed by atoms with van der Waals surface area (Å²) >= 11 is 0. The lowest BCUT2D eigenvalue weighted by Gasteiger charge is -2.35. The quantitative estimate of drug-likeness (QED) is 0.859. The minimum absolute atomic E-state index is 0.174. The van der Waals surface area contributed by atoms with Gasteiger partial charge in [0.2, 0.25) is 0 Å². The highest BCUT2D eigenvalue weighted by Gasteiger charge is 2.24. The highest BCUT2D eigenvalue weighted by molar-refractivity contribution is 5.32. The van der Waals surface area contributed by atoms with E-state index in [-0.39, 0.29) is 6.10 Å². The van der Waals surface area contributed by atoms with E-state index >= 15 is 0 Å². The molecule has 1 aromatic rings. The summed E-state index contributed by atoms with van der Waals surface area (Å²) in [6.45, 7) is 10.1. The van der Waals surface area contributed by atoms with Crippen molar-refractivity contribution < 1.29 is 4.74 Å². The van der Waals surface area contributed by atoms with E-state index in [9.17, 15) is 0 Å². The van der Waals surface area contributed by atoms with Gasteiger partial charge in [-0.25, -0.2) is 4.68 Å². The summed E-state index contributed by atoms with van der Waals surface area (Å²) in [5, 5.41) is 8.12. The summed E-state index contributed by atoms with van der Waals surface area (Å²) < 4.78 is 7.74. The molecule has 108 valence electrons. The molecule has 0 amide bonds. The molecule has 19 heavy (non-hydrogen) atoms. The van der Waals surface area contributed by atoms with Gasteiger partial charge in [-0.3, -0.25) is 4.90 Å². The molecule has 0 saturated carbocycles. The fraction of sp³-hybridized carbons (Fsp3) is 0.846. The van der Waals surface area contributed by atoms with Crippen LogP contribution in [-0.2, 0) is 17.7 Å². The third-order valence-electron chi connectivity index (χ3n) is 3.63. The summed E-state index contributed by atoms with van der Waals surface area (Å²) in [6, 6.07) is 0.558. The predicted octanol–water partition coefficient (Wildman–Crippen LogP) is 0.922. The molecule has 1 unspecified atom stereocenters. The van der Waals surface area contributed by atoms with Gasteiger partial charge in [-0.05, 0) is 20.3 Å². The first-order chi connectivity index (χ1) is 9.11. The van der Waals surface area contributed by atoms with Crippen molar-refractivity contribution in [2.24, 2.45) is 0 Å². The Morgan fingerprint density at radius 2 is 2.26 bits per heavy atom. The largest absolute Gasteiger partial charge is 0.381 e. The minimum atomic E-state index is 0.174. The van der Waals surface area contributed by atoms with Gasteiger partial charge in [-0.15, -0.1) is 5.10 Å². The molecule has 1 saturated heterocycles. The third kappa shape index (κ3) is 3.45. The predicted molar refractivity (Wildman–Crippen MR) is 74.9 cm³/mol. The number of hydrogen-bond acceptors (Lipinski definition) is 5. The Labute approximate surface area is 114 Å². The molecular formula is C13H25N5O. The van der Waals surface area contributed by atoms with E-state index in [2.05, 4.69) is 36.0 Å². The van der Waals surface area contributed by atoms with E-state index in [1.165, 1.54) is 0 Å². The summed E-state index contributed by atoms with van der Waals surface area (Å²) in [4.78, 5) is 2.44. The number of nitrogen functional groups attached to an aromatic ring is 1. The van der Waals surface area contributed by atoms with Crippen LogP contribution in [0.2, 0.25) is 0 Å². The molecule has 1 aliphatic rings. The van der Waals surface area contributed by atoms with Crippen molar-refractivity contribution in [1.29, 1.82) is 0 Å². The molecule has 0 spiro atoms. The molecule has 0 aliphatic carbocycles. The van der Waals surface area contributed by atoms with E-state index < -0.39 is 0 Å². The van der Waals surface area contributed by atoms with Crippen LogP contribution < -0.4 is 5.73 Å². The Balaban J connectivity index is 2.00. The lowest BCUT2D eigenvalue weighted by atomic mass is 10.2. The smallest absolute Gasteiger partial charge is 0.169 e. The second kappa shape index (κ2) is 6.34. The molecule has 1 aliphatic heterocycles. The van der Waals surface area contributed by atoms with Crippen LogP contribution in [0.4, 0.5) is 5.82 Å². The number of nitrogens with zero attached hydrogens (tertiary/aromatic N) is 4. The molecule has 2 heterocycles. The van der Waals surface area contributed by atoms with E-state index in [1.54, 1.807) is 0 Å². The zero-order chi connectivity index (χ0) is 13.8. The lowest BCUT2D eigenvalue weighted by Crippen LogP contribution is -2.47. The molecule has 0 aromatic carbocycles. The average Bonchev–Trinajstić information content (AvgIpc) is 2.72. The van der Waals surface area contributed by atoms with Crippen molar-refractivity contribution in [3.05, 3.63) is 5.69 Å². The highest BCUT2D eigenvalue weighted by Crippen LogP contribution is 2.14. The monoisotopic (exact) mass is 267 g/mol. The zero-order valence-corrected chi connectivity index (χ0v) is 12.2. The zero-order valence-electron chi connectivity index (χ0n) is 12.2. The number of nitrogens with two attached hydrogens (primary N) is 1. The van der Waals surface area contributed by atoms with Crippen LogP contribution in [0.5, 0.6) is 0 Å². The number of anilines is 1. The maximum atomic E-state index is 5.86. The fourth-order valence-electron chi connectivity index (χ4n) is 2.50. The van der Waals surface area contributed by atoms with Crippen LogP contribution in [0.3, 0.4) is 0 Å². The Morgan fingerprint density at radius 1 is 1.47 bits per heavy atom. The Kier molecular flexibility index (Phi) is 4.76. The Hall–Kier alpha value is -1.14. The second-order valence-electron chi connectivity index (χ2n) is 5.43. The third-order valence-corrected chi connectivity index (χ3v) is 3.63. The molecule has 1 atom stereocenters. The van der Waals surface area contributed by atoms with Crippen molar-refractivity contribution in [2.45, 2.75) is 52.3 Å². The van der Waals surface area contributed by atoms with E-state index in [1.807, 2.05) is 4.68 Å². The number of rotatable bonds is 5. The Morgan fingerprint density at radius 3 is 2.95 bits per heavy atom. The van der Waals surface area contributed by atoms with Gasteiger partial charge in [0.25, 0.3) is 0 Å². The van der Waals surface area contributed by atoms with Crippen LogP contribution in [0.25, 0.3) is 0 Å². The van der Waals surface area contributed by atoms with Crippen molar-refractivity contribution in [1.82, 2.24) is 19.9 Å². The Bertz CT molecular complexity index is 404. The van der Waals surface area contributed by atoms with Crippen LogP contribution in [0, 0.1) is 0 Å². The molecular weight excluding hydrogens is 242 g/mol. The molecule has 0 radical (unpaired) electrons. The maximum absolute atomic E-state index is 5.86. The van der Waals surface area contributed by atoms with E-state index in [0.717, 1.165) is 44.8 Å². The summed E-state index contributed by atoms with van der Waals surface area (Å²) in [7, 11) is 0. The number of ether oxygens (including phenoxy) is 1. The molecule has 0 bridgehead atoms. The molecule has 1 aromatic heterocycles. The molecule has 1 fully saturated rings. The van der Waals surface area contributed by atoms with Crippen molar-refractivity contribution in [3.63, 3.8) is 0 Å². The van der Waals surface area contributed by atoms with Crippen LogP contribution in [0.1, 0.15) is 32.9 Å². The van der Waals surface area contributed by atoms with Gasteiger partial charge in [0.15, 0.2) is 5.82 Å². The number of morpholine rings is 1.